The fourth-order valence-corrected chi connectivity index (χ4v) is 2.72. The highest BCUT2D eigenvalue weighted by atomic mass is 32.1. The maximum atomic E-state index is 11.8. The summed E-state index contributed by atoms with van der Waals surface area (Å²) < 4.78 is 0. The molecule has 0 bridgehead atoms. The smallest absolute Gasteiger partial charge is 0.236 e. The Morgan fingerprint density at radius 1 is 1.32 bits per heavy atom. The highest BCUT2D eigenvalue weighted by Gasteiger charge is 2.12. The van der Waals surface area contributed by atoms with Gasteiger partial charge in [0.2, 0.25) is 5.91 Å². The third kappa shape index (κ3) is 5.74. The maximum Gasteiger partial charge on any atom is 0.236 e. The Kier molecular flexibility index (Phi) is 6.52. The molecule has 1 amide bonds. The van der Waals surface area contributed by atoms with Crippen molar-refractivity contribution in [3.05, 3.63) is 21.4 Å². The SMILES string of the molecule is Cc1cc(CNC(C)C(=O)NCCC(C)C)sc1C. The summed E-state index contributed by atoms with van der Waals surface area (Å²) >= 11 is 1.80. The highest BCUT2D eigenvalue weighted by molar-refractivity contribution is 7.12. The lowest BCUT2D eigenvalue weighted by Gasteiger charge is -2.14. The van der Waals surface area contributed by atoms with Crippen molar-refractivity contribution in [1.29, 1.82) is 0 Å². The van der Waals surface area contributed by atoms with Gasteiger partial charge in [-0.05, 0) is 44.7 Å². The number of carbonyl (C=O) groups excluding carboxylic acids is 1. The first-order valence-corrected chi connectivity index (χ1v) is 7.78. The average Bonchev–Trinajstić information content (AvgIpc) is 2.65. The number of rotatable bonds is 7. The van der Waals surface area contributed by atoms with Crippen LogP contribution in [0.5, 0.6) is 0 Å². The van der Waals surface area contributed by atoms with Crippen LogP contribution in [0, 0.1) is 19.8 Å². The molecule has 0 aliphatic heterocycles. The second-order valence-corrected chi connectivity index (χ2v) is 6.87. The van der Waals surface area contributed by atoms with Crippen LogP contribution >= 0.6 is 11.3 Å². The maximum absolute atomic E-state index is 11.8. The molecule has 108 valence electrons. The minimum Gasteiger partial charge on any atom is -0.355 e. The van der Waals surface area contributed by atoms with Crippen LogP contribution in [0.15, 0.2) is 6.07 Å². The molecular weight excluding hydrogens is 256 g/mol. The van der Waals surface area contributed by atoms with Gasteiger partial charge in [-0.15, -0.1) is 11.3 Å². The van der Waals surface area contributed by atoms with E-state index in [0.29, 0.717) is 5.92 Å². The summed E-state index contributed by atoms with van der Waals surface area (Å²) in [5, 5.41) is 6.24. The normalized spacial score (nSPS) is 12.7. The number of amides is 1. The molecule has 4 heteroatoms. The van der Waals surface area contributed by atoms with Crippen molar-refractivity contribution in [2.24, 2.45) is 5.92 Å². The molecule has 19 heavy (non-hydrogen) atoms. The molecule has 0 aliphatic rings. The number of thiophene rings is 1. The highest BCUT2D eigenvalue weighted by Crippen LogP contribution is 2.20. The van der Waals surface area contributed by atoms with Crippen LogP contribution in [0.3, 0.4) is 0 Å². The molecule has 1 atom stereocenters. The monoisotopic (exact) mass is 282 g/mol. The van der Waals surface area contributed by atoms with Crippen LogP contribution in [0.1, 0.15) is 42.5 Å². The van der Waals surface area contributed by atoms with Gasteiger partial charge in [-0.3, -0.25) is 4.79 Å². The van der Waals surface area contributed by atoms with E-state index in [-0.39, 0.29) is 11.9 Å². The number of carbonyl (C=O) groups is 1. The first-order valence-electron chi connectivity index (χ1n) is 6.97. The third-order valence-corrected chi connectivity index (χ3v) is 4.37. The summed E-state index contributed by atoms with van der Waals surface area (Å²) in [5.74, 6) is 0.714. The zero-order valence-electron chi connectivity index (χ0n) is 12.7. The summed E-state index contributed by atoms with van der Waals surface area (Å²) in [5.41, 5.74) is 1.33. The first kappa shape index (κ1) is 16.2. The van der Waals surface area contributed by atoms with Gasteiger partial charge >= 0.3 is 0 Å². The van der Waals surface area contributed by atoms with Crippen LogP contribution in [-0.4, -0.2) is 18.5 Å². The number of aryl methyl sites for hydroxylation is 2. The largest absolute Gasteiger partial charge is 0.355 e. The van der Waals surface area contributed by atoms with Gasteiger partial charge in [0.15, 0.2) is 0 Å². The molecule has 0 aliphatic carbocycles. The molecule has 2 N–H and O–H groups in total. The summed E-state index contributed by atoms with van der Waals surface area (Å²) in [7, 11) is 0. The molecule has 1 heterocycles. The van der Waals surface area contributed by atoms with E-state index in [9.17, 15) is 4.79 Å². The second kappa shape index (κ2) is 7.65. The lowest BCUT2D eigenvalue weighted by atomic mass is 10.1. The fourth-order valence-electron chi connectivity index (χ4n) is 1.72. The van der Waals surface area contributed by atoms with E-state index in [1.54, 1.807) is 11.3 Å². The van der Waals surface area contributed by atoms with Crippen molar-refractivity contribution in [2.75, 3.05) is 6.54 Å². The zero-order valence-corrected chi connectivity index (χ0v) is 13.5. The number of nitrogens with one attached hydrogen (secondary N) is 2. The van der Waals surface area contributed by atoms with Crippen LogP contribution in [0.4, 0.5) is 0 Å². The summed E-state index contributed by atoms with van der Waals surface area (Å²) in [4.78, 5) is 14.5. The van der Waals surface area contributed by atoms with E-state index in [2.05, 4.69) is 44.4 Å². The molecule has 1 rings (SSSR count). The third-order valence-electron chi connectivity index (χ3n) is 3.21. The van der Waals surface area contributed by atoms with E-state index in [0.717, 1.165) is 19.5 Å². The van der Waals surface area contributed by atoms with Crippen molar-refractivity contribution in [1.82, 2.24) is 10.6 Å². The van der Waals surface area contributed by atoms with E-state index >= 15 is 0 Å². The van der Waals surface area contributed by atoms with Gasteiger partial charge in [0.1, 0.15) is 0 Å². The van der Waals surface area contributed by atoms with Gasteiger partial charge in [-0.1, -0.05) is 13.8 Å². The van der Waals surface area contributed by atoms with Crippen LogP contribution in [0.2, 0.25) is 0 Å². The standard InChI is InChI=1S/C15H26N2OS/c1-10(2)6-7-16-15(18)12(4)17-9-14-8-11(3)13(5)19-14/h8,10,12,17H,6-7,9H2,1-5H3,(H,16,18). The molecule has 0 saturated carbocycles. The van der Waals surface area contributed by atoms with E-state index in [1.807, 2.05) is 6.92 Å². The minimum absolute atomic E-state index is 0.0886. The molecule has 0 fully saturated rings. The predicted octanol–water partition coefficient (Wildman–Crippen LogP) is 3.01. The van der Waals surface area contributed by atoms with Gasteiger partial charge in [0.05, 0.1) is 6.04 Å². The molecule has 0 saturated heterocycles. The Balaban J connectivity index is 2.30. The number of hydrogen-bond acceptors (Lipinski definition) is 3. The van der Waals surface area contributed by atoms with Crippen LogP contribution in [-0.2, 0) is 11.3 Å². The Bertz CT molecular complexity index is 393. The van der Waals surface area contributed by atoms with Gasteiger partial charge in [0.25, 0.3) is 0 Å². The predicted molar refractivity (Wildman–Crippen MR) is 82.6 cm³/mol. The summed E-state index contributed by atoms with van der Waals surface area (Å²) in [6.45, 7) is 12.0. The van der Waals surface area contributed by atoms with Crippen molar-refractivity contribution >= 4 is 17.2 Å². The van der Waals surface area contributed by atoms with Crippen LogP contribution < -0.4 is 10.6 Å². The first-order chi connectivity index (χ1) is 8.90. The van der Waals surface area contributed by atoms with Gasteiger partial charge in [0, 0.05) is 22.8 Å². The fraction of sp³-hybridized carbons (Fsp3) is 0.667. The van der Waals surface area contributed by atoms with Crippen molar-refractivity contribution < 1.29 is 4.79 Å². The molecular formula is C15H26N2OS. The molecule has 0 spiro atoms. The van der Waals surface area contributed by atoms with Gasteiger partial charge in [-0.25, -0.2) is 0 Å². The van der Waals surface area contributed by atoms with Crippen molar-refractivity contribution in [2.45, 2.75) is 53.6 Å². The minimum atomic E-state index is -0.144. The van der Waals surface area contributed by atoms with E-state index in [4.69, 9.17) is 0 Å². The van der Waals surface area contributed by atoms with Gasteiger partial charge in [-0.2, -0.15) is 0 Å². The Labute approximate surface area is 120 Å². The molecule has 1 aromatic rings. The molecule has 1 unspecified atom stereocenters. The topological polar surface area (TPSA) is 41.1 Å². The van der Waals surface area contributed by atoms with Gasteiger partial charge < -0.3 is 10.6 Å². The molecule has 0 aromatic carbocycles. The van der Waals surface area contributed by atoms with E-state index in [1.165, 1.54) is 15.3 Å². The lowest BCUT2D eigenvalue weighted by molar-refractivity contribution is -0.122. The van der Waals surface area contributed by atoms with Crippen molar-refractivity contribution in [3.8, 4) is 0 Å². The molecule has 1 aromatic heterocycles. The Morgan fingerprint density at radius 3 is 2.53 bits per heavy atom. The number of hydrogen-bond donors (Lipinski definition) is 2. The quantitative estimate of drug-likeness (QED) is 0.807. The van der Waals surface area contributed by atoms with E-state index < -0.39 is 0 Å². The molecule has 0 radical (unpaired) electrons. The van der Waals surface area contributed by atoms with Crippen LogP contribution in [0.25, 0.3) is 0 Å². The lowest BCUT2D eigenvalue weighted by Crippen LogP contribution is -2.42. The Hall–Kier alpha value is -0.870. The molecule has 3 nitrogen and oxygen atoms in total. The summed E-state index contributed by atoms with van der Waals surface area (Å²) in [6, 6.07) is 2.05. The van der Waals surface area contributed by atoms with Crippen molar-refractivity contribution in [3.63, 3.8) is 0 Å². The Morgan fingerprint density at radius 2 is 2.00 bits per heavy atom. The average molecular weight is 282 g/mol. The summed E-state index contributed by atoms with van der Waals surface area (Å²) in [6.07, 6.45) is 1.03. The zero-order chi connectivity index (χ0) is 14.4. The second-order valence-electron chi connectivity index (χ2n) is 5.53.